The molecule has 1 N–H and O–H groups in total. The van der Waals surface area contributed by atoms with Crippen molar-refractivity contribution in [3.63, 3.8) is 0 Å². The highest BCUT2D eigenvalue weighted by atomic mass is 32.2. The lowest BCUT2D eigenvalue weighted by Gasteiger charge is -2.06. The van der Waals surface area contributed by atoms with Crippen molar-refractivity contribution in [2.24, 2.45) is 0 Å². The summed E-state index contributed by atoms with van der Waals surface area (Å²) in [5.41, 5.74) is 1.14. The van der Waals surface area contributed by atoms with Crippen LogP contribution in [0.25, 0.3) is 0 Å². The highest BCUT2D eigenvalue weighted by Gasteiger charge is 2.24. The van der Waals surface area contributed by atoms with E-state index >= 15 is 0 Å². The maximum absolute atomic E-state index is 11.7. The largest absolute Gasteiger partial charge is 0.452 e. The Hall–Kier alpha value is -1.56. The number of sulfonamides is 1. The van der Waals surface area contributed by atoms with Gasteiger partial charge in [-0.15, -0.1) is 0 Å². The molecule has 6 heteroatoms. The third kappa shape index (κ3) is 2.76. The molecule has 0 aromatic heterocycles. The number of methoxy groups -OCH3 is 1. The van der Waals surface area contributed by atoms with E-state index in [1.165, 1.54) is 12.1 Å². The first-order valence-electron chi connectivity index (χ1n) is 5.23. The van der Waals surface area contributed by atoms with Crippen molar-refractivity contribution in [1.29, 1.82) is 0 Å². The fourth-order valence-corrected chi connectivity index (χ4v) is 2.46. The number of nitrogens with one attached hydrogen (secondary N) is 1. The summed E-state index contributed by atoms with van der Waals surface area (Å²) in [5, 5.41) is 0. The van der Waals surface area contributed by atoms with Crippen LogP contribution in [0.15, 0.2) is 29.2 Å². The van der Waals surface area contributed by atoms with Gasteiger partial charge in [0.15, 0.2) is 0 Å². The Labute approximate surface area is 99.8 Å². The molecule has 0 saturated heterocycles. The molecular formula is C11H13NO4S. The van der Waals surface area contributed by atoms with Gasteiger partial charge in [-0.1, -0.05) is 12.1 Å². The van der Waals surface area contributed by atoms with Gasteiger partial charge < -0.3 is 4.74 Å². The van der Waals surface area contributed by atoms with Gasteiger partial charge in [0.1, 0.15) is 0 Å². The molecule has 2 rings (SSSR count). The number of hydrogen-bond donors (Lipinski definition) is 1. The summed E-state index contributed by atoms with van der Waals surface area (Å²) in [6.45, 7) is 0. The molecule has 0 spiro atoms. The molecule has 0 unspecified atom stereocenters. The number of ether oxygens (including phenoxy) is 1. The molecule has 0 bridgehead atoms. The topological polar surface area (TPSA) is 72.5 Å². The maximum atomic E-state index is 11.7. The Morgan fingerprint density at radius 1 is 1.29 bits per heavy atom. The molecule has 0 aliphatic heterocycles. The van der Waals surface area contributed by atoms with E-state index in [1.54, 1.807) is 16.9 Å². The molecule has 1 amide bonds. The number of carbonyl (C=O) groups is 1. The van der Waals surface area contributed by atoms with Crippen LogP contribution in [0, 0.1) is 0 Å². The highest BCUT2D eigenvalue weighted by Crippen LogP contribution is 2.40. The van der Waals surface area contributed by atoms with Gasteiger partial charge in [0, 0.05) is 0 Å². The van der Waals surface area contributed by atoms with Crippen molar-refractivity contribution in [3.8, 4) is 0 Å². The van der Waals surface area contributed by atoms with Gasteiger partial charge in [-0.25, -0.2) is 17.9 Å². The zero-order chi connectivity index (χ0) is 12.5. The van der Waals surface area contributed by atoms with E-state index in [9.17, 15) is 13.2 Å². The first-order valence-corrected chi connectivity index (χ1v) is 6.72. The molecule has 0 heterocycles. The zero-order valence-corrected chi connectivity index (χ0v) is 10.2. The lowest BCUT2D eigenvalue weighted by atomic mass is 10.1. The summed E-state index contributed by atoms with van der Waals surface area (Å²) >= 11 is 0. The Morgan fingerprint density at radius 3 is 2.35 bits per heavy atom. The molecule has 1 saturated carbocycles. The summed E-state index contributed by atoms with van der Waals surface area (Å²) in [6.07, 6.45) is 1.33. The second kappa shape index (κ2) is 4.37. The molecule has 5 nitrogen and oxygen atoms in total. The first-order chi connectivity index (χ1) is 8.03. The molecule has 1 aromatic carbocycles. The summed E-state index contributed by atoms with van der Waals surface area (Å²) < 4.78 is 29.4. The normalized spacial score (nSPS) is 15.4. The Kier molecular flexibility index (Phi) is 3.06. The minimum Gasteiger partial charge on any atom is -0.452 e. The molecule has 1 aliphatic carbocycles. The van der Waals surface area contributed by atoms with Crippen molar-refractivity contribution in [2.75, 3.05) is 7.11 Å². The van der Waals surface area contributed by atoms with Gasteiger partial charge in [0.05, 0.1) is 12.0 Å². The second-order valence-corrected chi connectivity index (χ2v) is 5.62. The van der Waals surface area contributed by atoms with Gasteiger partial charge in [-0.3, -0.25) is 0 Å². The number of amides is 1. The van der Waals surface area contributed by atoms with Crippen molar-refractivity contribution in [3.05, 3.63) is 29.8 Å². The molecule has 0 atom stereocenters. The lowest BCUT2D eigenvalue weighted by Crippen LogP contribution is -2.30. The molecular weight excluding hydrogens is 242 g/mol. The van der Waals surface area contributed by atoms with Crippen LogP contribution in [0.2, 0.25) is 0 Å². The molecule has 17 heavy (non-hydrogen) atoms. The highest BCUT2D eigenvalue weighted by molar-refractivity contribution is 7.90. The van der Waals surface area contributed by atoms with Crippen LogP contribution in [0.5, 0.6) is 0 Å². The molecule has 1 aliphatic rings. The van der Waals surface area contributed by atoms with Crippen LogP contribution in [0.4, 0.5) is 4.79 Å². The Balaban J connectivity index is 2.17. The lowest BCUT2D eigenvalue weighted by molar-refractivity contribution is 0.177. The van der Waals surface area contributed by atoms with Gasteiger partial charge in [0.25, 0.3) is 10.0 Å². The zero-order valence-electron chi connectivity index (χ0n) is 9.34. The predicted octanol–water partition coefficient (Wildman–Crippen LogP) is 1.61. The second-order valence-electron chi connectivity index (χ2n) is 3.94. The van der Waals surface area contributed by atoms with Crippen molar-refractivity contribution < 1.29 is 17.9 Å². The summed E-state index contributed by atoms with van der Waals surface area (Å²) in [4.78, 5) is 10.9. The average Bonchev–Trinajstić information content (AvgIpc) is 3.12. The van der Waals surface area contributed by atoms with E-state index in [2.05, 4.69) is 4.74 Å². The maximum Gasteiger partial charge on any atom is 0.420 e. The van der Waals surface area contributed by atoms with Crippen LogP contribution >= 0.6 is 0 Å². The Bertz CT molecular complexity index is 517. The van der Waals surface area contributed by atoms with Crippen LogP contribution in [-0.4, -0.2) is 21.6 Å². The van der Waals surface area contributed by atoms with Crippen LogP contribution < -0.4 is 4.72 Å². The quantitative estimate of drug-likeness (QED) is 0.890. The van der Waals surface area contributed by atoms with E-state index in [0.29, 0.717) is 5.92 Å². The Morgan fingerprint density at radius 2 is 1.88 bits per heavy atom. The standard InChI is InChI=1S/C11H13NO4S/c1-16-11(13)12-17(14,15)10-6-4-9(5-7-10)8-2-3-8/h4-8H,2-3H2,1H3,(H,12,13). The third-order valence-electron chi connectivity index (χ3n) is 2.64. The molecule has 92 valence electrons. The van der Waals surface area contributed by atoms with Crippen molar-refractivity contribution >= 4 is 16.1 Å². The minimum atomic E-state index is -3.82. The first kappa shape index (κ1) is 11.9. The number of carbonyl (C=O) groups excluding carboxylic acids is 1. The SMILES string of the molecule is COC(=O)NS(=O)(=O)c1ccc(C2CC2)cc1. The molecule has 0 radical (unpaired) electrons. The van der Waals surface area contributed by atoms with Crippen LogP contribution in [-0.2, 0) is 14.8 Å². The predicted molar refractivity (Wildman–Crippen MR) is 61.1 cm³/mol. The van der Waals surface area contributed by atoms with Gasteiger partial charge in [-0.05, 0) is 36.5 Å². The van der Waals surface area contributed by atoms with Gasteiger partial charge >= 0.3 is 6.09 Å². The van der Waals surface area contributed by atoms with Gasteiger partial charge in [0.2, 0.25) is 0 Å². The van der Waals surface area contributed by atoms with Crippen LogP contribution in [0.1, 0.15) is 24.3 Å². The van der Waals surface area contributed by atoms with E-state index in [-0.39, 0.29) is 4.90 Å². The fraction of sp³-hybridized carbons (Fsp3) is 0.364. The monoisotopic (exact) mass is 255 g/mol. The van der Waals surface area contributed by atoms with E-state index < -0.39 is 16.1 Å². The summed E-state index contributed by atoms with van der Waals surface area (Å²) in [5.74, 6) is 0.570. The minimum absolute atomic E-state index is 0.0623. The van der Waals surface area contributed by atoms with Crippen molar-refractivity contribution in [1.82, 2.24) is 4.72 Å². The van der Waals surface area contributed by atoms with E-state index in [0.717, 1.165) is 25.5 Å². The summed E-state index contributed by atoms with van der Waals surface area (Å²) in [6, 6.07) is 6.56. The number of hydrogen-bond acceptors (Lipinski definition) is 4. The van der Waals surface area contributed by atoms with E-state index in [1.807, 2.05) is 0 Å². The summed E-state index contributed by atoms with van der Waals surface area (Å²) in [7, 11) is -2.71. The van der Waals surface area contributed by atoms with Crippen molar-refractivity contribution in [2.45, 2.75) is 23.7 Å². The van der Waals surface area contributed by atoms with Gasteiger partial charge in [-0.2, -0.15) is 0 Å². The fourth-order valence-electron chi connectivity index (χ4n) is 1.55. The average molecular weight is 255 g/mol. The molecule has 1 fully saturated rings. The molecule has 1 aromatic rings. The van der Waals surface area contributed by atoms with Crippen LogP contribution in [0.3, 0.4) is 0 Å². The smallest absolute Gasteiger partial charge is 0.420 e. The number of benzene rings is 1. The number of rotatable bonds is 3. The third-order valence-corrected chi connectivity index (χ3v) is 3.97. The van der Waals surface area contributed by atoms with E-state index in [4.69, 9.17) is 0 Å².